The Hall–Kier alpha value is -7.37. The third-order valence-electron chi connectivity index (χ3n) is 10.5. The van der Waals surface area contributed by atoms with Crippen LogP contribution < -0.4 is 0 Å². The molecule has 0 bridgehead atoms. The maximum absolute atomic E-state index is 6.28. The lowest BCUT2D eigenvalue weighted by atomic mass is 9.97. The fraction of sp³-hybridized carbons (Fsp3) is 0. The monoisotopic (exact) mass is 690 g/mol. The Labute approximate surface area is 310 Å². The zero-order valence-corrected chi connectivity index (χ0v) is 29.0. The van der Waals surface area contributed by atoms with Crippen molar-refractivity contribution in [3.63, 3.8) is 0 Å². The number of para-hydroxylation sites is 3. The van der Waals surface area contributed by atoms with Crippen LogP contribution in [0.5, 0.6) is 0 Å². The number of rotatable bonds is 5. The minimum Gasteiger partial charge on any atom is -0.456 e. The zero-order valence-electron chi connectivity index (χ0n) is 29.0. The largest absolute Gasteiger partial charge is 0.456 e. The lowest BCUT2D eigenvalue weighted by Crippen LogP contribution is -2.01. The smallest absolute Gasteiger partial charge is 0.164 e. The van der Waals surface area contributed by atoms with Gasteiger partial charge in [-0.25, -0.2) is 15.0 Å². The molecule has 0 aliphatic heterocycles. The molecule has 54 heavy (non-hydrogen) atoms. The molecule has 0 radical (unpaired) electrons. The number of fused-ring (bicyclic) bond motifs is 7. The van der Waals surface area contributed by atoms with Crippen LogP contribution in [0.2, 0.25) is 0 Å². The summed E-state index contributed by atoms with van der Waals surface area (Å²) in [7, 11) is 0. The van der Waals surface area contributed by atoms with Gasteiger partial charge in [0, 0.05) is 43.9 Å². The molecule has 0 N–H and O–H groups in total. The molecule has 11 aromatic rings. The fourth-order valence-electron chi connectivity index (χ4n) is 7.98. The van der Waals surface area contributed by atoms with E-state index in [9.17, 15) is 0 Å². The predicted molar refractivity (Wildman–Crippen MR) is 221 cm³/mol. The summed E-state index contributed by atoms with van der Waals surface area (Å²) in [5.41, 5.74) is 10.00. The zero-order chi connectivity index (χ0) is 35.6. The maximum atomic E-state index is 6.28. The molecule has 252 valence electrons. The molecule has 3 aromatic heterocycles. The van der Waals surface area contributed by atoms with Gasteiger partial charge in [-0.1, -0.05) is 146 Å². The van der Waals surface area contributed by atoms with Gasteiger partial charge in [0.1, 0.15) is 11.2 Å². The van der Waals surface area contributed by atoms with E-state index >= 15 is 0 Å². The van der Waals surface area contributed by atoms with Crippen molar-refractivity contribution in [1.29, 1.82) is 0 Å². The number of furan rings is 1. The second kappa shape index (κ2) is 12.1. The topological polar surface area (TPSA) is 56.7 Å². The van der Waals surface area contributed by atoms with Crippen molar-refractivity contribution >= 4 is 54.5 Å². The SMILES string of the molecule is c1cc(-c2nc(-c3ccc(-c4cccc5ccccc45)cc3)nc(-c3cccc4oc5ccccc5c34)n2)cc(-n2c3ccccc3c3ccccc32)c1. The van der Waals surface area contributed by atoms with Crippen LogP contribution in [0, 0.1) is 0 Å². The third kappa shape index (κ3) is 4.83. The van der Waals surface area contributed by atoms with Gasteiger partial charge in [-0.15, -0.1) is 0 Å². The van der Waals surface area contributed by atoms with Gasteiger partial charge in [-0.05, 0) is 58.3 Å². The summed E-state index contributed by atoms with van der Waals surface area (Å²) < 4.78 is 8.60. The molecule has 3 heterocycles. The quantitative estimate of drug-likeness (QED) is 0.180. The Morgan fingerprint density at radius 3 is 1.72 bits per heavy atom. The molecule has 0 fully saturated rings. The molecule has 5 heteroatoms. The number of hydrogen-bond acceptors (Lipinski definition) is 4. The highest BCUT2D eigenvalue weighted by Gasteiger charge is 2.19. The highest BCUT2D eigenvalue weighted by atomic mass is 16.3. The fourth-order valence-corrected chi connectivity index (χ4v) is 7.98. The first-order valence-electron chi connectivity index (χ1n) is 18.1. The summed E-state index contributed by atoms with van der Waals surface area (Å²) in [6.07, 6.45) is 0. The Bertz CT molecular complexity index is 3170. The lowest BCUT2D eigenvalue weighted by molar-refractivity contribution is 0.669. The minimum absolute atomic E-state index is 0.590. The van der Waals surface area contributed by atoms with Crippen molar-refractivity contribution in [1.82, 2.24) is 19.5 Å². The molecule has 0 saturated heterocycles. The Morgan fingerprint density at radius 1 is 0.370 bits per heavy atom. The van der Waals surface area contributed by atoms with Crippen LogP contribution in [0.1, 0.15) is 0 Å². The molecule has 0 aliphatic carbocycles. The average Bonchev–Trinajstić information content (AvgIpc) is 3.80. The maximum Gasteiger partial charge on any atom is 0.164 e. The van der Waals surface area contributed by atoms with Crippen molar-refractivity contribution in [3.05, 3.63) is 182 Å². The van der Waals surface area contributed by atoms with Gasteiger partial charge in [0.15, 0.2) is 17.5 Å². The summed E-state index contributed by atoms with van der Waals surface area (Å²) in [4.78, 5) is 15.6. The molecule has 8 aromatic carbocycles. The first kappa shape index (κ1) is 30.3. The molecule has 0 saturated carbocycles. The van der Waals surface area contributed by atoms with Gasteiger partial charge in [-0.3, -0.25) is 0 Å². The highest BCUT2D eigenvalue weighted by molar-refractivity contribution is 6.12. The first-order chi connectivity index (χ1) is 26.8. The van der Waals surface area contributed by atoms with E-state index in [0.29, 0.717) is 17.5 Å². The van der Waals surface area contributed by atoms with E-state index in [0.717, 1.165) is 60.9 Å². The summed E-state index contributed by atoms with van der Waals surface area (Å²) in [6, 6.07) is 63.3. The normalized spacial score (nSPS) is 11.7. The Morgan fingerprint density at radius 2 is 0.926 bits per heavy atom. The van der Waals surface area contributed by atoms with Gasteiger partial charge in [0.05, 0.1) is 11.0 Å². The third-order valence-corrected chi connectivity index (χ3v) is 10.5. The molecular weight excluding hydrogens is 661 g/mol. The van der Waals surface area contributed by atoms with E-state index < -0.39 is 0 Å². The van der Waals surface area contributed by atoms with Crippen LogP contribution in [-0.2, 0) is 0 Å². The minimum atomic E-state index is 0.590. The number of benzene rings is 8. The van der Waals surface area contributed by atoms with Crippen molar-refractivity contribution < 1.29 is 4.42 Å². The average molecular weight is 691 g/mol. The van der Waals surface area contributed by atoms with E-state index in [1.807, 2.05) is 30.3 Å². The second-order valence-electron chi connectivity index (χ2n) is 13.6. The van der Waals surface area contributed by atoms with Gasteiger partial charge in [-0.2, -0.15) is 0 Å². The van der Waals surface area contributed by atoms with Crippen molar-refractivity contribution in [2.24, 2.45) is 0 Å². The molecule has 0 unspecified atom stereocenters. The first-order valence-corrected chi connectivity index (χ1v) is 18.1. The highest BCUT2D eigenvalue weighted by Crippen LogP contribution is 2.38. The number of hydrogen-bond donors (Lipinski definition) is 0. The van der Waals surface area contributed by atoms with Gasteiger partial charge in [0.2, 0.25) is 0 Å². The van der Waals surface area contributed by atoms with Gasteiger partial charge >= 0.3 is 0 Å². The molecule has 0 atom stereocenters. The summed E-state index contributed by atoms with van der Waals surface area (Å²) in [5.74, 6) is 1.79. The van der Waals surface area contributed by atoms with E-state index in [-0.39, 0.29) is 0 Å². The molecule has 5 nitrogen and oxygen atoms in total. The number of nitrogens with zero attached hydrogens (tertiary/aromatic N) is 4. The van der Waals surface area contributed by atoms with Crippen LogP contribution in [0.15, 0.2) is 186 Å². The van der Waals surface area contributed by atoms with Crippen LogP contribution in [0.25, 0.3) is 105 Å². The van der Waals surface area contributed by atoms with Crippen LogP contribution in [0.3, 0.4) is 0 Å². The molecule has 0 aliphatic rings. The van der Waals surface area contributed by atoms with E-state index in [1.165, 1.54) is 27.1 Å². The Balaban J connectivity index is 1.10. The van der Waals surface area contributed by atoms with Crippen LogP contribution in [0.4, 0.5) is 0 Å². The van der Waals surface area contributed by atoms with Crippen molar-refractivity contribution in [2.75, 3.05) is 0 Å². The standard InChI is InChI=1S/C49H30N4O/c1-2-16-36-31(12-1)13-10-20-37(36)32-26-28-33(29-27-32)47-50-48(52-49(51-47)41-21-11-25-45-46(41)40-19-5-8-24-44(40)54-45)34-14-9-15-35(30-34)53-42-22-6-3-17-38(42)39-18-4-7-23-43(39)53/h1-30H. The van der Waals surface area contributed by atoms with Crippen LogP contribution in [-0.4, -0.2) is 19.5 Å². The molecule has 0 amide bonds. The number of aromatic nitrogens is 4. The summed E-state index contributed by atoms with van der Waals surface area (Å²) in [5, 5.41) is 6.89. The Kier molecular flexibility index (Phi) is 6.79. The molecular formula is C49H30N4O. The summed E-state index contributed by atoms with van der Waals surface area (Å²) in [6.45, 7) is 0. The van der Waals surface area contributed by atoms with Crippen molar-refractivity contribution in [3.8, 4) is 51.0 Å². The van der Waals surface area contributed by atoms with Gasteiger partial charge < -0.3 is 8.98 Å². The van der Waals surface area contributed by atoms with E-state index in [1.54, 1.807) is 0 Å². The predicted octanol–water partition coefficient (Wildman–Crippen LogP) is 12.7. The van der Waals surface area contributed by atoms with Crippen molar-refractivity contribution in [2.45, 2.75) is 0 Å². The van der Waals surface area contributed by atoms with E-state index in [2.05, 4.69) is 156 Å². The van der Waals surface area contributed by atoms with Gasteiger partial charge in [0.25, 0.3) is 0 Å². The molecule has 0 spiro atoms. The van der Waals surface area contributed by atoms with E-state index in [4.69, 9.17) is 19.4 Å². The molecule has 11 rings (SSSR count). The lowest BCUT2D eigenvalue weighted by Gasteiger charge is -2.12. The second-order valence-corrected chi connectivity index (χ2v) is 13.6. The summed E-state index contributed by atoms with van der Waals surface area (Å²) >= 11 is 0. The van der Waals surface area contributed by atoms with Crippen LogP contribution >= 0.6 is 0 Å².